The van der Waals surface area contributed by atoms with Crippen LogP contribution in [0.4, 0.5) is 4.79 Å². The summed E-state index contributed by atoms with van der Waals surface area (Å²) in [7, 11) is 0. The van der Waals surface area contributed by atoms with Crippen molar-refractivity contribution in [2.75, 3.05) is 19.6 Å². The first-order chi connectivity index (χ1) is 10.9. The number of hydrogen-bond acceptors (Lipinski definition) is 4. The minimum absolute atomic E-state index is 0.216. The van der Waals surface area contributed by atoms with E-state index in [0.717, 1.165) is 32.5 Å². The average Bonchev–Trinajstić information content (AvgIpc) is 2.94. The molecule has 1 aromatic rings. The van der Waals surface area contributed by atoms with Crippen LogP contribution < -0.4 is 5.32 Å². The lowest BCUT2D eigenvalue weighted by Crippen LogP contribution is -2.39. The maximum Gasteiger partial charge on any atom is 0.410 e. The van der Waals surface area contributed by atoms with E-state index in [-0.39, 0.29) is 6.09 Å². The monoisotopic (exact) mass is 336 g/mol. The molecule has 0 saturated carbocycles. The Bertz CT molecular complexity index is 558. The summed E-state index contributed by atoms with van der Waals surface area (Å²) in [6.07, 6.45) is 3.95. The third-order valence-electron chi connectivity index (χ3n) is 3.67. The summed E-state index contributed by atoms with van der Waals surface area (Å²) in [5.74, 6) is 0. The fraction of sp³-hybridized carbons (Fsp3) is 0.611. The lowest BCUT2D eigenvalue weighted by Gasteiger charge is -2.29. The van der Waals surface area contributed by atoms with Crippen LogP contribution in [0.25, 0.3) is 0 Å². The highest BCUT2D eigenvalue weighted by Gasteiger charge is 2.23. The molecule has 0 aromatic carbocycles. The average molecular weight is 337 g/mol. The van der Waals surface area contributed by atoms with Gasteiger partial charge in [-0.15, -0.1) is 11.3 Å². The quantitative estimate of drug-likeness (QED) is 0.827. The summed E-state index contributed by atoms with van der Waals surface area (Å²) in [6, 6.07) is 4.41. The Kier molecular flexibility index (Phi) is 6.25. The number of thiophene rings is 1. The van der Waals surface area contributed by atoms with Gasteiger partial charge in [0.25, 0.3) is 0 Å². The fourth-order valence-corrected chi connectivity index (χ4v) is 3.35. The lowest BCUT2D eigenvalue weighted by molar-refractivity contribution is 0.0265. The van der Waals surface area contributed by atoms with Gasteiger partial charge < -0.3 is 15.0 Å². The Hall–Kier alpha value is -1.33. The van der Waals surface area contributed by atoms with Gasteiger partial charge in [-0.05, 0) is 45.7 Å². The highest BCUT2D eigenvalue weighted by atomic mass is 32.1. The van der Waals surface area contributed by atoms with E-state index in [1.54, 1.807) is 4.90 Å². The van der Waals surface area contributed by atoms with Crippen LogP contribution in [0.2, 0.25) is 0 Å². The molecule has 4 nitrogen and oxygen atoms in total. The highest BCUT2D eigenvalue weighted by Crippen LogP contribution is 2.17. The zero-order valence-electron chi connectivity index (χ0n) is 14.6. The van der Waals surface area contributed by atoms with E-state index in [4.69, 9.17) is 4.74 Å². The van der Waals surface area contributed by atoms with Crippen molar-refractivity contribution in [2.24, 2.45) is 0 Å². The van der Waals surface area contributed by atoms with Crippen LogP contribution in [0.1, 0.15) is 43.9 Å². The van der Waals surface area contributed by atoms with E-state index in [9.17, 15) is 4.79 Å². The topological polar surface area (TPSA) is 41.6 Å². The number of carbonyl (C=O) groups is 1. The van der Waals surface area contributed by atoms with E-state index in [2.05, 4.69) is 30.4 Å². The molecule has 1 N–H and O–H groups in total. The molecular formula is C18H28N2O2S. The molecule has 0 bridgehead atoms. The molecular weight excluding hydrogens is 308 g/mol. The predicted molar refractivity (Wildman–Crippen MR) is 95.9 cm³/mol. The van der Waals surface area contributed by atoms with E-state index in [0.29, 0.717) is 6.54 Å². The van der Waals surface area contributed by atoms with Crippen LogP contribution >= 0.6 is 11.3 Å². The second-order valence-corrected chi connectivity index (χ2v) is 8.12. The van der Waals surface area contributed by atoms with Crippen molar-refractivity contribution in [3.63, 3.8) is 0 Å². The zero-order valence-corrected chi connectivity index (χ0v) is 15.5. The van der Waals surface area contributed by atoms with Gasteiger partial charge in [-0.3, -0.25) is 0 Å². The summed E-state index contributed by atoms with van der Waals surface area (Å²) in [5, 5.41) is 3.50. The fourth-order valence-electron chi connectivity index (χ4n) is 2.42. The number of nitrogens with one attached hydrogen (secondary N) is 1. The first kappa shape index (κ1) is 18.0. The van der Waals surface area contributed by atoms with Crippen LogP contribution in [0.15, 0.2) is 23.8 Å². The number of aryl methyl sites for hydroxylation is 1. The lowest BCUT2D eigenvalue weighted by atomic mass is 10.1. The molecule has 1 aliphatic heterocycles. The number of rotatable bonds is 5. The van der Waals surface area contributed by atoms with Gasteiger partial charge >= 0.3 is 6.09 Å². The van der Waals surface area contributed by atoms with E-state index in [1.807, 2.05) is 32.1 Å². The Morgan fingerprint density at radius 1 is 1.30 bits per heavy atom. The van der Waals surface area contributed by atoms with Crippen molar-refractivity contribution < 1.29 is 9.53 Å². The van der Waals surface area contributed by atoms with Gasteiger partial charge in [0.05, 0.1) is 0 Å². The van der Waals surface area contributed by atoms with Gasteiger partial charge in [-0.2, -0.15) is 0 Å². The summed E-state index contributed by atoms with van der Waals surface area (Å²) in [6.45, 7) is 11.1. The Morgan fingerprint density at radius 2 is 2.04 bits per heavy atom. The molecule has 1 amide bonds. The van der Waals surface area contributed by atoms with Crippen molar-refractivity contribution in [1.82, 2.24) is 10.2 Å². The molecule has 0 fully saturated rings. The molecule has 0 aliphatic carbocycles. The third-order valence-corrected chi connectivity index (χ3v) is 4.90. The van der Waals surface area contributed by atoms with Crippen LogP contribution in [0.3, 0.4) is 0 Å². The van der Waals surface area contributed by atoms with E-state index >= 15 is 0 Å². The molecule has 0 radical (unpaired) electrons. The number of hydrogen-bond donors (Lipinski definition) is 1. The molecule has 2 rings (SSSR count). The number of carbonyl (C=O) groups excluding carboxylic acids is 1. The molecule has 23 heavy (non-hydrogen) atoms. The predicted octanol–water partition coefficient (Wildman–Crippen LogP) is 3.97. The largest absolute Gasteiger partial charge is 0.444 e. The van der Waals surface area contributed by atoms with Crippen LogP contribution in [-0.4, -0.2) is 36.2 Å². The van der Waals surface area contributed by atoms with E-state index in [1.165, 1.54) is 15.3 Å². The van der Waals surface area contributed by atoms with Gasteiger partial charge in [0.15, 0.2) is 0 Å². The normalized spacial score (nSPS) is 15.5. The first-order valence-electron chi connectivity index (χ1n) is 8.31. The molecule has 0 saturated heterocycles. The first-order valence-corrected chi connectivity index (χ1v) is 9.13. The smallest absolute Gasteiger partial charge is 0.410 e. The molecule has 2 heterocycles. The molecule has 0 atom stereocenters. The van der Waals surface area contributed by atoms with E-state index < -0.39 is 5.60 Å². The summed E-state index contributed by atoms with van der Waals surface area (Å²) < 4.78 is 5.41. The summed E-state index contributed by atoms with van der Waals surface area (Å²) >= 11 is 1.88. The van der Waals surface area contributed by atoms with Crippen molar-refractivity contribution in [1.29, 1.82) is 0 Å². The maximum absolute atomic E-state index is 12.0. The summed E-state index contributed by atoms with van der Waals surface area (Å²) in [5.41, 5.74) is 0.942. The van der Waals surface area contributed by atoms with Gasteiger partial charge in [-0.25, -0.2) is 4.79 Å². The molecule has 128 valence electrons. The van der Waals surface area contributed by atoms with Gasteiger partial charge in [0.1, 0.15) is 5.60 Å². The number of amides is 1. The minimum Gasteiger partial charge on any atom is -0.444 e. The minimum atomic E-state index is -0.430. The molecule has 0 unspecified atom stereocenters. The van der Waals surface area contributed by atoms with Crippen LogP contribution in [-0.2, 0) is 17.7 Å². The molecule has 1 aliphatic rings. The van der Waals surface area contributed by atoms with Crippen molar-refractivity contribution >= 4 is 17.4 Å². The van der Waals surface area contributed by atoms with Gasteiger partial charge in [0, 0.05) is 35.9 Å². The van der Waals surface area contributed by atoms with Gasteiger partial charge in [0.2, 0.25) is 0 Å². The van der Waals surface area contributed by atoms with Crippen molar-refractivity contribution in [3.8, 4) is 0 Å². The number of nitrogens with zero attached hydrogens (tertiary/aromatic N) is 1. The summed E-state index contributed by atoms with van der Waals surface area (Å²) in [4.78, 5) is 16.6. The van der Waals surface area contributed by atoms with Crippen LogP contribution in [0, 0.1) is 0 Å². The zero-order chi connectivity index (χ0) is 16.9. The molecule has 1 aromatic heterocycles. The Morgan fingerprint density at radius 3 is 2.61 bits per heavy atom. The Balaban J connectivity index is 1.73. The van der Waals surface area contributed by atoms with Crippen molar-refractivity contribution in [3.05, 3.63) is 33.5 Å². The van der Waals surface area contributed by atoms with Crippen molar-refractivity contribution in [2.45, 2.75) is 52.7 Å². The number of ether oxygens (including phenoxy) is 1. The molecule has 5 heteroatoms. The van der Waals surface area contributed by atoms with Crippen LogP contribution in [0.5, 0.6) is 0 Å². The standard InChI is InChI=1S/C18H28N2O2S/c1-5-15-6-7-16(23-15)13-19-12-14-8-10-20(11-9-14)17(21)22-18(2,3)4/h6-8,19H,5,9-13H2,1-4H3. The maximum atomic E-state index is 12.0. The second-order valence-electron chi connectivity index (χ2n) is 6.86. The Labute approximate surface area is 143 Å². The van der Waals surface area contributed by atoms with Gasteiger partial charge in [-0.1, -0.05) is 18.6 Å². The third kappa shape index (κ3) is 5.99. The SMILES string of the molecule is CCc1ccc(CNCC2=CCN(C(=O)OC(C)(C)C)CC2)s1. The second kappa shape index (κ2) is 7.97. The molecule has 0 spiro atoms. The highest BCUT2D eigenvalue weighted by molar-refractivity contribution is 7.11.